The first-order valence-corrected chi connectivity index (χ1v) is 4.65. The fourth-order valence-electron chi connectivity index (χ4n) is 1.80. The lowest BCUT2D eigenvalue weighted by Crippen LogP contribution is -1.87. The Morgan fingerprint density at radius 1 is 0.846 bits per heavy atom. The van der Waals surface area contributed by atoms with E-state index in [1.54, 1.807) is 0 Å². The van der Waals surface area contributed by atoms with Gasteiger partial charge in [-0.2, -0.15) is 0 Å². The summed E-state index contributed by atoms with van der Waals surface area (Å²) in [6.45, 7) is 6.57. The summed E-state index contributed by atoms with van der Waals surface area (Å²) in [6, 6.07) is 10.8. The first-order chi connectivity index (χ1) is 6.20. The molecule has 0 radical (unpaired) electrons. The zero-order valence-electron chi connectivity index (χ0n) is 8.39. The molecule has 0 saturated heterocycles. The largest absolute Gasteiger partial charge is 0.0616 e. The minimum Gasteiger partial charge on any atom is -0.0616 e. The van der Waals surface area contributed by atoms with Gasteiger partial charge in [0.05, 0.1) is 0 Å². The molecule has 13 heavy (non-hydrogen) atoms. The first kappa shape index (κ1) is 8.31. The van der Waals surface area contributed by atoms with Crippen molar-refractivity contribution in [2.45, 2.75) is 20.8 Å². The van der Waals surface area contributed by atoms with Crippen LogP contribution in [-0.4, -0.2) is 0 Å². The van der Waals surface area contributed by atoms with Crippen molar-refractivity contribution in [3.63, 3.8) is 0 Å². The van der Waals surface area contributed by atoms with Crippen LogP contribution in [0.2, 0.25) is 0 Å². The Hall–Kier alpha value is -1.30. The molecule has 0 aromatic heterocycles. The highest BCUT2D eigenvalue weighted by molar-refractivity contribution is 5.87. The number of benzene rings is 2. The highest BCUT2D eigenvalue weighted by Crippen LogP contribution is 2.23. The minimum atomic E-state index is 1.35. The number of fused-ring (bicyclic) bond motifs is 1. The van der Waals surface area contributed by atoms with Gasteiger partial charge in [0, 0.05) is 0 Å². The van der Waals surface area contributed by atoms with E-state index < -0.39 is 0 Å². The van der Waals surface area contributed by atoms with Crippen molar-refractivity contribution in [2.24, 2.45) is 0 Å². The average molecular weight is 170 g/mol. The van der Waals surface area contributed by atoms with Crippen molar-refractivity contribution in [3.05, 3.63) is 47.0 Å². The van der Waals surface area contributed by atoms with Crippen LogP contribution in [0.15, 0.2) is 30.3 Å². The third-order valence-corrected chi connectivity index (χ3v) is 2.89. The number of hydrogen-bond acceptors (Lipinski definition) is 0. The van der Waals surface area contributed by atoms with E-state index in [1.807, 2.05) is 0 Å². The molecule has 0 N–H and O–H groups in total. The van der Waals surface area contributed by atoms with E-state index >= 15 is 0 Å². The second-order valence-corrected chi connectivity index (χ2v) is 3.66. The molecule has 0 spiro atoms. The van der Waals surface area contributed by atoms with Crippen molar-refractivity contribution in [1.82, 2.24) is 0 Å². The molecule has 66 valence electrons. The highest BCUT2D eigenvalue weighted by Gasteiger charge is 2.01. The molecule has 0 nitrogen and oxygen atoms in total. The molecule has 0 amide bonds. The summed E-state index contributed by atoms with van der Waals surface area (Å²) in [5, 5.41) is 2.73. The topological polar surface area (TPSA) is 0 Å². The summed E-state index contributed by atoms with van der Waals surface area (Å²) in [7, 11) is 0. The van der Waals surface area contributed by atoms with Crippen LogP contribution in [0.5, 0.6) is 0 Å². The van der Waals surface area contributed by atoms with Crippen molar-refractivity contribution in [2.75, 3.05) is 0 Å². The lowest BCUT2D eigenvalue weighted by molar-refractivity contribution is 1.30. The Kier molecular flexibility index (Phi) is 1.84. The maximum Gasteiger partial charge on any atom is -0.0152 e. The molecule has 0 bridgehead atoms. The molecule has 2 aromatic carbocycles. The Balaban J connectivity index is 2.94. The predicted molar refractivity (Wildman–Crippen MR) is 58.2 cm³/mol. The summed E-state index contributed by atoms with van der Waals surface area (Å²) in [6.07, 6.45) is 0. The van der Waals surface area contributed by atoms with Gasteiger partial charge in [-0.1, -0.05) is 30.3 Å². The Morgan fingerprint density at radius 3 is 2.31 bits per heavy atom. The molecular weight excluding hydrogens is 156 g/mol. The van der Waals surface area contributed by atoms with Crippen molar-refractivity contribution < 1.29 is 0 Å². The Labute approximate surface area is 79.2 Å². The maximum atomic E-state index is 2.26. The lowest BCUT2D eigenvalue weighted by atomic mass is 9.97. The van der Waals surface area contributed by atoms with E-state index in [-0.39, 0.29) is 0 Å². The van der Waals surface area contributed by atoms with Gasteiger partial charge in [-0.25, -0.2) is 0 Å². The van der Waals surface area contributed by atoms with Crippen LogP contribution < -0.4 is 0 Å². The van der Waals surface area contributed by atoms with Gasteiger partial charge in [0.2, 0.25) is 0 Å². The zero-order chi connectivity index (χ0) is 9.42. The summed E-state index contributed by atoms with van der Waals surface area (Å²) in [4.78, 5) is 0. The molecule has 0 aliphatic heterocycles. The Bertz CT molecular complexity index is 453. The molecule has 0 unspecified atom stereocenters. The minimum absolute atomic E-state index is 1.35. The third-order valence-electron chi connectivity index (χ3n) is 2.89. The van der Waals surface area contributed by atoms with E-state index in [2.05, 4.69) is 51.1 Å². The van der Waals surface area contributed by atoms with Gasteiger partial charge in [-0.3, -0.25) is 0 Å². The van der Waals surface area contributed by atoms with Crippen LogP contribution >= 0.6 is 0 Å². The van der Waals surface area contributed by atoms with Gasteiger partial charge < -0.3 is 0 Å². The van der Waals surface area contributed by atoms with Gasteiger partial charge in [0.25, 0.3) is 0 Å². The van der Waals surface area contributed by atoms with Gasteiger partial charge >= 0.3 is 0 Å². The van der Waals surface area contributed by atoms with Crippen molar-refractivity contribution >= 4 is 10.8 Å². The van der Waals surface area contributed by atoms with Crippen LogP contribution in [0.25, 0.3) is 10.8 Å². The standard InChI is InChI=1S/C13H14/c1-9-8-12-6-4-5-7-13(12)11(3)10(9)2/h4-8H,1-3H3. The summed E-state index contributed by atoms with van der Waals surface area (Å²) < 4.78 is 0. The van der Waals surface area contributed by atoms with Gasteiger partial charge in [-0.05, 0) is 48.2 Å². The zero-order valence-corrected chi connectivity index (χ0v) is 8.39. The molecule has 0 aliphatic rings. The van der Waals surface area contributed by atoms with Crippen LogP contribution in [0, 0.1) is 20.8 Å². The summed E-state index contributed by atoms with van der Waals surface area (Å²) in [5.41, 5.74) is 4.21. The molecule has 2 rings (SSSR count). The molecule has 0 atom stereocenters. The fraction of sp³-hybridized carbons (Fsp3) is 0.231. The average Bonchev–Trinajstić information content (AvgIpc) is 2.15. The van der Waals surface area contributed by atoms with Gasteiger partial charge in [0.15, 0.2) is 0 Å². The second-order valence-electron chi connectivity index (χ2n) is 3.66. The van der Waals surface area contributed by atoms with Crippen LogP contribution in [0.1, 0.15) is 16.7 Å². The molecule has 2 aromatic rings. The molecule has 0 aliphatic carbocycles. The predicted octanol–water partition coefficient (Wildman–Crippen LogP) is 3.77. The molecule has 0 heteroatoms. The van der Waals surface area contributed by atoms with Gasteiger partial charge in [-0.15, -0.1) is 0 Å². The van der Waals surface area contributed by atoms with E-state index in [9.17, 15) is 0 Å². The third kappa shape index (κ3) is 1.23. The quantitative estimate of drug-likeness (QED) is 0.564. The number of hydrogen-bond donors (Lipinski definition) is 0. The summed E-state index contributed by atoms with van der Waals surface area (Å²) >= 11 is 0. The number of rotatable bonds is 0. The van der Waals surface area contributed by atoms with Gasteiger partial charge in [0.1, 0.15) is 0 Å². The normalized spacial score (nSPS) is 10.7. The number of aryl methyl sites for hydroxylation is 2. The van der Waals surface area contributed by atoms with Crippen molar-refractivity contribution in [3.8, 4) is 0 Å². The van der Waals surface area contributed by atoms with E-state index in [0.717, 1.165) is 0 Å². The van der Waals surface area contributed by atoms with E-state index in [1.165, 1.54) is 27.5 Å². The maximum absolute atomic E-state index is 2.26. The Morgan fingerprint density at radius 2 is 1.54 bits per heavy atom. The molecular formula is C13H14. The van der Waals surface area contributed by atoms with Crippen molar-refractivity contribution in [1.29, 1.82) is 0 Å². The molecule has 0 fully saturated rings. The van der Waals surface area contributed by atoms with Crippen LogP contribution in [0.4, 0.5) is 0 Å². The highest BCUT2D eigenvalue weighted by atomic mass is 14.1. The lowest BCUT2D eigenvalue weighted by Gasteiger charge is -2.08. The first-order valence-electron chi connectivity index (χ1n) is 4.65. The second kappa shape index (κ2) is 2.88. The van der Waals surface area contributed by atoms with Crippen LogP contribution in [-0.2, 0) is 0 Å². The summed E-state index contributed by atoms with van der Waals surface area (Å²) in [5.74, 6) is 0. The van der Waals surface area contributed by atoms with E-state index in [0.29, 0.717) is 0 Å². The SMILES string of the molecule is Cc1cc2ccccc2c(C)c1C. The monoisotopic (exact) mass is 170 g/mol. The molecule has 0 heterocycles. The smallest absolute Gasteiger partial charge is 0.0152 e. The fourth-order valence-corrected chi connectivity index (χ4v) is 1.80. The molecule has 0 saturated carbocycles. The van der Waals surface area contributed by atoms with E-state index in [4.69, 9.17) is 0 Å². The van der Waals surface area contributed by atoms with Crippen LogP contribution in [0.3, 0.4) is 0 Å².